The lowest BCUT2D eigenvalue weighted by Crippen LogP contribution is -2.47. The molecule has 2 unspecified atom stereocenters. The molecule has 1 fully saturated rings. The van der Waals surface area contributed by atoms with Gasteiger partial charge in [-0.25, -0.2) is 4.79 Å². The van der Waals surface area contributed by atoms with Crippen molar-refractivity contribution in [3.8, 4) is 0 Å². The number of carboxylic acids is 1. The SMILES string of the molecule is CC1CC(C(=O)O)CN(C(=O)Nc2cncc(Br)c2)C1. The maximum absolute atomic E-state index is 12.2. The molecule has 0 aromatic carbocycles. The van der Waals surface area contributed by atoms with Gasteiger partial charge in [0.05, 0.1) is 17.8 Å². The van der Waals surface area contributed by atoms with Gasteiger partial charge in [-0.15, -0.1) is 0 Å². The van der Waals surface area contributed by atoms with Crippen LogP contribution >= 0.6 is 15.9 Å². The topological polar surface area (TPSA) is 82.5 Å². The molecule has 7 heteroatoms. The first kappa shape index (κ1) is 14.8. The number of nitrogens with zero attached hydrogens (tertiary/aromatic N) is 2. The normalized spacial score (nSPS) is 22.4. The standard InChI is InChI=1S/C13H16BrN3O3/c1-8-2-9(12(18)19)7-17(6-8)13(20)16-11-3-10(14)4-15-5-11/h3-5,8-9H,2,6-7H2,1H3,(H,16,20)(H,18,19). The summed E-state index contributed by atoms with van der Waals surface area (Å²) in [6, 6.07) is 1.45. The molecule has 2 heterocycles. The molecule has 1 aromatic heterocycles. The van der Waals surface area contributed by atoms with Crippen molar-refractivity contribution in [2.45, 2.75) is 13.3 Å². The highest BCUT2D eigenvalue weighted by molar-refractivity contribution is 9.10. The lowest BCUT2D eigenvalue weighted by molar-refractivity contribution is -0.143. The Morgan fingerprint density at radius 1 is 1.45 bits per heavy atom. The third-order valence-electron chi connectivity index (χ3n) is 3.25. The summed E-state index contributed by atoms with van der Waals surface area (Å²) in [6.07, 6.45) is 3.78. The number of likely N-dealkylation sites (tertiary alicyclic amines) is 1. The van der Waals surface area contributed by atoms with Gasteiger partial charge >= 0.3 is 12.0 Å². The van der Waals surface area contributed by atoms with Gasteiger partial charge in [-0.1, -0.05) is 6.92 Å². The van der Waals surface area contributed by atoms with Gasteiger partial charge in [-0.05, 0) is 34.3 Å². The van der Waals surface area contributed by atoms with E-state index in [2.05, 4.69) is 26.2 Å². The summed E-state index contributed by atoms with van der Waals surface area (Å²) in [5, 5.41) is 11.8. The molecule has 0 bridgehead atoms. The van der Waals surface area contributed by atoms with E-state index in [1.54, 1.807) is 23.4 Å². The fraction of sp³-hybridized carbons (Fsp3) is 0.462. The monoisotopic (exact) mass is 341 g/mol. The van der Waals surface area contributed by atoms with Crippen molar-refractivity contribution in [1.29, 1.82) is 0 Å². The predicted octanol–water partition coefficient (Wildman–Crippen LogP) is 2.42. The van der Waals surface area contributed by atoms with Crippen molar-refractivity contribution in [2.75, 3.05) is 18.4 Å². The minimum atomic E-state index is -0.849. The van der Waals surface area contributed by atoms with Crippen molar-refractivity contribution in [2.24, 2.45) is 11.8 Å². The van der Waals surface area contributed by atoms with Crippen LogP contribution in [0, 0.1) is 11.8 Å². The van der Waals surface area contributed by atoms with E-state index in [1.807, 2.05) is 6.92 Å². The van der Waals surface area contributed by atoms with Crippen LogP contribution < -0.4 is 5.32 Å². The molecule has 1 saturated heterocycles. The molecular weight excluding hydrogens is 326 g/mol. The molecule has 0 saturated carbocycles. The van der Waals surface area contributed by atoms with E-state index in [1.165, 1.54) is 0 Å². The Labute approximate surface area is 125 Å². The summed E-state index contributed by atoms with van der Waals surface area (Å²) in [5.74, 6) is -1.17. The number of anilines is 1. The lowest BCUT2D eigenvalue weighted by atomic mass is 9.91. The minimum Gasteiger partial charge on any atom is -0.481 e. The van der Waals surface area contributed by atoms with Crippen LogP contribution in [0.5, 0.6) is 0 Å². The smallest absolute Gasteiger partial charge is 0.321 e. The summed E-state index contributed by atoms with van der Waals surface area (Å²) in [5.41, 5.74) is 0.578. The zero-order valence-corrected chi connectivity index (χ0v) is 12.6. The van der Waals surface area contributed by atoms with E-state index in [0.717, 1.165) is 4.47 Å². The van der Waals surface area contributed by atoms with Gasteiger partial charge in [0.2, 0.25) is 0 Å². The highest BCUT2D eigenvalue weighted by atomic mass is 79.9. The molecule has 2 N–H and O–H groups in total. The number of rotatable bonds is 2. The third-order valence-corrected chi connectivity index (χ3v) is 3.69. The van der Waals surface area contributed by atoms with Crippen molar-refractivity contribution in [1.82, 2.24) is 9.88 Å². The molecule has 6 nitrogen and oxygen atoms in total. The number of carboxylic acid groups (broad SMARTS) is 1. The molecule has 108 valence electrons. The maximum atomic E-state index is 12.2. The van der Waals surface area contributed by atoms with Crippen molar-refractivity contribution in [3.05, 3.63) is 22.9 Å². The van der Waals surface area contributed by atoms with Gasteiger partial charge in [0.15, 0.2) is 0 Å². The van der Waals surface area contributed by atoms with Crippen LogP contribution in [-0.4, -0.2) is 40.1 Å². The third kappa shape index (κ3) is 3.69. The Balaban J connectivity index is 2.03. The Morgan fingerprint density at radius 3 is 2.85 bits per heavy atom. The van der Waals surface area contributed by atoms with Gasteiger partial charge in [-0.2, -0.15) is 0 Å². The zero-order valence-electron chi connectivity index (χ0n) is 11.0. The van der Waals surface area contributed by atoms with Crippen LogP contribution in [0.2, 0.25) is 0 Å². The Kier molecular flexibility index (Phi) is 4.59. The molecule has 1 aliphatic heterocycles. The number of hydrogen-bond donors (Lipinski definition) is 2. The average Bonchev–Trinajstić information content (AvgIpc) is 2.37. The van der Waals surface area contributed by atoms with Crippen LogP contribution in [0.25, 0.3) is 0 Å². The largest absolute Gasteiger partial charge is 0.481 e. The van der Waals surface area contributed by atoms with E-state index in [4.69, 9.17) is 5.11 Å². The number of nitrogens with one attached hydrogen (secondary N) is 1. The number of amides is 2. The first-order valence-electron chi connectivity index (χ1n) is 6.35. The fourth-order valence-electron chi connectivity index (χ4n) is 2.38. The number of halogens is 1. The van der Waals surface area contributed by atoms with Crippen LogP contribution in [0.15, 0.2) is 22.9 Å². The number of urea groups is 1. The van der Waals surface area contributed by atoms with Gasteiger partial charge in [0.1, 0.15) is 0 Å². The van der Waals surface area contributed by atoms with Crippen LogP contribution in [0.3, 0.4) is 0 Å². The van der Waals surface area contributed by atoms with Gasteiger partial charge in [0.25, 0.3) is 0 Å². The van der Waals surface area contributed by atoms with Crippen LogP contribution in [0.4, 0.5) is 10.5 Å². The molecular formula is C13H16BrN3O3. The predicted molar refractivity (Wildman–Crippen MR) is 77.4 cm³/mol. The van der Waals surface area contributed by atoms with E-state index in [-0.39, 0.29) is 18.5 Å². The highest BCUT2D eigenvalue weighted by Crippen LogP contribution is 2.23. The van der Waals surface area contributed by atoms with Gasteiger partial charge in [0, 0.05) is 23.8 Å². The Hall–Kier alpha value is -1.63. The van der Waals surface area contributed by atoms with Crippen LogP contribution in [-0.2, 0) is 4.79 Å². The second kappa shape index (κ2) is 6.21. The number of hydrogen-bond acceptors (Lipinski definition) is 3. The summed E-state index contributed by atoms with van der Waals surface area (Å²) >= 11 is 3.28. The number of aliphatic carboxylic acids is 1. The summed E-state index contributed by atoms with van der Waals surface area (Å²) < 4.78 is 0.769. The lowest BCUT2D eigenvalue weighted by Gasteiger charge is -2.34. The molecule has 0 radical (unpaired) electrons. The first-order chi connectivity index (χ1) is 9.45. The number of piperidine rings is 1. The molecule has 0 spiro atoms. The molecule has 2 atom stereocenters. The summed E-state index contributed by atoms with van der Waals surface area (Å²) in [4.78, 5) is 28.8. The molecule has 0 aliphatic carbocycles. The molecule has 2 amide bonds. The summed E-state index contributed by atoms with van der Waals surface area (Å²) in [6.45, 7) is 2.76. The van der Waals surface area contributed by atoms with E-state index >= 15 is 0 Å². The first-order valence-corrected chi connectivity index (χ1v) is 7.14. The fourth-order valence-corrected chi connectivity index (χ4v) is 2.74. The highest BCUT2D eigenvalue weighted by Gasteiger charge is 2.31. The van der Waals surface area contributed by atoms with E-state index in [0.29, 0.717) is 18.7 Å². The van der Waals surface area contributed by atoms with Crippen molar-refractivity contribution < 1.29 is 14.7 Å². The molecule has 20 heavy (non-hydrogen) atoms. The molecule has 2 rings (SSSR count). The number of pyridine rings is 1. The second-order valence-electron chi connectivity index (χ2n) is 5.10. The van der Waals surface area contributed by atoms with E-state index in [9.17, 15) is 9.59 Å². The quantitative estimate of drug-likeness (QED) is 0.865. The summed E-state index contributed by atoms with van der Waals surface area (Å²) in [7, 11) is 0. The number of carbonyl (C=O) groups is 2. The number of aromatic nitrogens is 1. The van der Waals surface area contributed by atoms with Crippen LogP contribution in [0.1, 0.15) is 13.3 Å². The minimum absolute atomic E-state index is 0.177. The Bertz CT molecular complexity index is 523. The molecule has 1 aromatic rings. The molecule has 1 aliphatic rings. The number of carbonyl (C=O) groups excluding carboxylic acids is 1. The maximum Gasteiger partial charge on any atom is 0.321 e. The van der Waals surface area contributed by atoms with Gasteiger partial charge in [-0.3, -0.25) is 9.78 Å². The van der Waals surface area contributed by atoms with E-state index < -0.39 is 11.9 Å². The average molecular weight is 342 g/mol. The van der Waals surface area contributed by atoms with Crippen molar-refractivity contribution in [3.63, 3.8) is 0 Å². The zero-order chi connectivity index (χ0) is 14.7. The Morgan fingerprint density at radius 2 is 2.20 bits per heavy atom. The van der Waals surface area contributed by atoms with Gasteiger partial charge < -0.3 is 15.3 Å². The van der Waals surface area contributed by atoms with Crippen molar-refractivity contribution >= 4 is 33.6 Å². The second-order valence-corrected chi connectivity index (χ2v) is 6.02.